The number of hydrogen-bond acceptors (Lipinski definition) is 2. The van der Waals surface area contributed by atoms with Gasteiger partial charge in [0, 0.05) is 18.3 Å². The Hall–Kier alpha value is -0.920. The summed E-state index contributed by atoms with van der Waals surface area (Å²) in [5.74, 6) is 1.23. The SMILES string of the molecule is CC(C)c1nccnc1C1CC1. The Labute approximate surface area is 73.1 Å². The van der Waals surface area contributed by atoms with Crippen LogP contribution in [0.5, 0.6) is 0 Å². The lowest BCUT2D eigenvalue weighted by Crippen LogP contribution is -2.00. The summed E-state index contributed by atoms with van der Waals surface area (Å²) >= 11 is 0. The van der Waals surface area contributed by atoms with E-state index in [-0.39, 0.29) is 0 Å². The summed E-state index contributed by atoms with van der Waals surface area (Å²) in [6, 6.07) is 0. The Morgan fingerprint density at radius 3 is 2.50 bits per heavy atom. The second-order valence-corrected chi connectivity index (χ2v) is 3.76. The molecule has 1 aromatic rings. The van der Waals surface area contributed by atoms with Gasteiger partial charge in [-0.25, -0.2) is 0 Å². The van der Waals surface area contributed by atoms with Crippen molar-refractivity contribution in [1.82, 2.24) is 9.97 Å². The minimum Gasteiger partial charge on any atom is -0.258 e. The van der Waals surface area contributed by atoms with Crippen molar-refractivity contribution in [2.24, 2.45) is 0 Å². The summed E-state index contributed by atoms with van der Waals surface area (Å²) in [5.41, 5.74) is 2.44. The monoisotopic (exact) mass is 162 g/mol. The van der Waals surface area contributed by atoms with E-state index in [4.69, 9.17) is 0 Å². The molecule has 0 spiro atoms. The summed E-state index contributed by atoms with van der Waals surface area (Å²) in [7, 11) is 0. The van der Waals surface area contributed by atoms with Crippen molar-refractivity contribution in [3.63, 3.8) is 0 Å². The van der Waals surface area contributed by atoms with Gasteiger partial charge in [0.05, 0.1) is 11.4 Å². The van der Waals surface area contributed by atoms with Gasteiger partial charge in [0.25, 0.3) is 0 Å². The third-order valence-electron chi connectivity index (χ3n) is 2.27. The van der Waals surface area contributed by atoms with Crippen molar-refractivity contribution in [2.45, 2.75) is 38.5 Å². The standard InChI is InChI=1S/C10H14N2/c1-7(2)9-10(8-3-4-8)12-6-5-11-9/h5-8H,3-4H2,1-2H3. The minimum atomic E-state index is 0.509. The van der Waals surface area contributed by atoms with Crippen molar-refractivity contribution in [3.8, 4) is 0 Å². The molecule has 0 unspecified atom stereocenters. The van der Waals surface area contributed by atoms with E-state index in [1.54, 1.807) is 12.4 Å². The van der Waals surface area contributed by atoms with Gasteiger partial charge in [-0.15, -0.1) is 0 Å². The highest BCUT2D eigenvalue weighted by Crippen LogP contribution is 2.41. The topological polar surface area (TPSA) is 25.8 Å². The molecule has 1 aliphatic carbocycles. The van der Waals surface area contributed by atoms with Crippen LogP contribution in [0.2, 0.25) is 0 Å². The Balaban J connectivity index is 2.36. The highest BCUT2D eigenvalue weighted by molar-refractivity contribution is 5.22. The molecule has 0 bridgehead atoms. The smallest absolute Gasteiger partial charge is 0.0652 e. The Bertz CT molecular complexity index is 256. The van der Waals surface area contributed by atoms with Crippen molar-refractivity contribution in [2.75, 3.05) is 0 Å². The first-order chi connectivity index (χ1) is 5.79. The number of aromatic nitrogens is 2. The molecule has 12 heavy (non-hydrogen) atoms. The summed E-state index contributed by atoms with van der Waals surface area (Å²) in [4.78, 5) is 8.78. The van der Waals surface area contributed by atoms with E-state index in [1.165, 1.54) is 24.2 Å². The van der Waals surface area contributed by atoms with E-state index in [2.05, 4.69) is 23.8 Å². The van der Waals surface area contributed by atoms with Crippen LogP contribution < -0.4 is 0 Å². The summed E-state index contributed by atoms with van der Waals surface area (Å²) in [6.07, 6.45) is 6.21. The third-order valence-corrected chi connectivity index (χ3v) is 2.27. The molecular formula is C10H14N2. The molecule has 1 heterocycles. The zero-order valence-corrected chi connectivity index (χ0v) is 7.62. The fraction of sp³-hybridized carbons (Fsp3) is 0.600. The van der Waals surface area contributed by atoms with Crippen LogP contribution in [0.1, 0.15) is 49.9 Å². The average Bonchev–Trinajstić information content (AvgIpc) is 2.87. The number of nitrogens with zero attached hydrogens (tertiary/aromatic N) is 2. The van der Waals surface area contributed by atoms with E-state index in [0.717, 1.165) is 5.92 Å². The fourth-order valence-corrected chi connectivity index (χ4v) is 1.48. The van der Waals surface area contributed by atoms with Gasteiger partial charge in [0.15, 0.2) is 0 Å². The lowest BCUT2D eigenvalue weighted by molar-refractivity contribution is 0.775. The second kappa shape index (κ2) is 2.85. The first kappa shape index (κ1) is 7.71. The van der Waals surface area contributed by atoms with E-state index in [9.17, 15) is 0 Å². The quantitative estimate of drug-likeness (QED) is 0.667. The lowest BCUT2D eigenvalue weighted by Gasteiger charge is -2.08. The molecule has 0 aliphatic heterocycles. The molecule has 0 aromatic carbocycles. The molecule has 1 aromatic heterocycles. The highest BCUT2D eigenvalue weighted by atomic mass is 14.8. The van der Waals surface area contributed by atoms with Crippen LogP contribution in [0.25, 0.3) is 0 Å². The Kier molecular flexibility index (Phi) is 1.83. The van der Waals surface area contributed by atoms with Crippen molar-refractivity contribution in [1.29, 1.82) is 0 Å². The molecule has 0 atom stereocenters. The van der Waals surface area contributed by atoms with E-state index in [1.807, 2.05) is 0 Å². The maximum Gasteiger partial charge on any atom is 0.0652 e. The molecule has 2 heteroatoms. The van der Waals surface area contributed by atoms with Gasteiger partial charge in [-0.1, -0.05) is 13.8 Å². The van der Waals surface area contributed by atoms with Gasteiger partial charge in [-0.3, -0.25) is 9.97 Å². The largest absolute Gasteiger partial charge is 0.258 e. The van der Waals surface area contributed by atoms with Gasteiger partial charge in [0.1, 0.15) is 0 Å². The highest BCUT2D eigenvalue weighted by Gasteiger charge is 2.28. The molecule has 1 fully saturated rings. The first-order valence-corrected chi connectivity index (χ1v) is 4.60. The Morgan fingerprint density at radius 2 is 1.92 bits per heavy atom. The fourth-order valence-electron chi connectivity index (χ4n) is 1.48. The molecule has 1 aliphatic rings. The zero-order chi connectivity index (χ0) is 8.55. The number of rotatable bonds is 2. The van der Waals surface area contributed by atoms with E-state index >= 15 is 0 Å². The molecule has 64 valence electrons. The van der Waals surface area contributed by atoms with Gasteiger partial charge < -0.3 is 0 Å². The molecule has 0 saturated heterocycles. The van der Waals surface area contributed by atoms with Crippen LogP contribution in [0.3, 0.4) is 0 Å². The molecule has 2 rings (SSSR count). The van der Waals surface area contributed by atoms with Crippen LogP contribution >= 0.6 is 0 Å². The van der Waals surface area contributed by atoms with Gasteiger partial charge in [-0.2, -0.15) is 0 Å². The average molecular weight is 162 g/mol. The van der Waals surface area contributed by atoms with Crippen LogP contribution in [-0.4, -0.2) is 9.97 Å². The van der Waals surface area contributed by atoms with Crippen molar-refractivity contribution in [3.05, 3.63) is 23.8 Å². The lowest BCUT2D eigenvalue weighted by atomic mass is 10.1. The molecule has 0 N–H and O–H groups in total. The van der Waals surface area contributed by atoms with Crippen LogP contribution in [0.15, 0.2) is 12.4 Å². The van der Waals surface area contributed by atoms with E-state index in [0.29, 0.717) is 5.92 Å². The second-order valence-electron chi connectivity index (χ2n) is 3.76. The Morgan fingerprint density at radius 1 is 1.25 bits per heavy atom. The first-order valence-electron chi connectivity index (χ1n) is 4.60. The van der Waals surface area contributed by atoms with Gasteiger partial charge in [-0.05, 0) is 18.8 Å². The third kappa shape index (κ3) is 1.33. The maximum atomic E-state index is 4.40. The van der Waals surface area contributed by atoms with Gasteiger partial charge >= 0.3 is 0 Å². The van der Waals surface area contributed by atoms with Crippen LogP contribution in [0.4, 0.5) is 0 Å². The number of hydrogen-bond donors (Lipinski definition) is 0. The summed E-state index contributed by atoms with van der Waals surface area (Å²) in [5, 5.41) is 0. The van der Waals surface area contributed by atoms with Gasteiger partial charge in [0.2, 0.25) is 0 Å². The predicted octanol–water partition coefficient (Wildman–Crippen LogP) is 2.48. The summed E-state index contributed by atoms with van der Waals surface area (Å²) < 4.78 is 0. The van der Waals surface area contributed by atoms with Crippen molar-refractivity contribution < 1.29 is 0 Å². The predicted molar refractivity (Wildman–Crippen MR) is 48.1 cm³/mol. The van der Waals surface area contributed by atoms with E-state index < -0.39 is 0 Å². The normalized spacial score (nSPS) is 16.9. The summed E-state index contributed by atoms with van der Waals surface area (Å²) in [6.45, 7) is 4.35. The molecule has 0 amide bonds. The van der Waals surface area contributed by atoms with Crippen LogP contribution in [-0.2, 0) is 0 Å². The van der Waals surface area contributed by atoms with Crippen molar-refractivity contribution >= 4 is 0 Å². The maximum absolute atomic E-state index is 4.40. The molecular weight excluding hydrogens is 148 g/mol. The molecule has 1 saturated carbocycles. The van der Waals surface area contributed by atoms with Crippen LogP contribution in [0, 0.1) is 0 Å². The molecule has 0 radical (unpaired) electrons. The zero-order valence-electron chi connectivity index (χ0n) is 7.62. The molecule has 2 nitrogen and oxygen atoms in total. The minimum absolute atomic E-state index is 0.509.